The molecule has 4 nitrogen and oxygen atoms in total. The fourth-order valence-electron chi connectivity index (χ4n) is 1.31. The summed E-state index contributed by atoms with van der Waals surface area (Å²) in [6.07, 6.45) is 3.66. The van der Waals surface area contributed by atoms with Gasteiger partial charge in [0.1, 0.15) is 5.70 Å². The average molecular weight is 182 g/mol. The van der Waals surface area contributed by atoms with Crippen molar-refractivity contribution in [3.05, 3.63) is 11.3 Å². The molecule has 13 heavy (non-hydrogen) atoms. The summed E-state index contributed by atoms with van der Waals surface area (Å²) in [6, 6.07) is 0. The lowest BCUT2D eigenvalue weighted by Gasteiger charge is -1.98. The molecule has 0 spiro atoms. The monoisotopic (exact) mass is 182 g/mol. The molecule has 0 aromatic rings. The van der Waals surface area contributed by atoms with Crippen molar-refractivity contribution in [1.29, 1.82) is 0 Å². The molecule has 1 rings (SSSR count). The van der Waals surface area contributed by atoms with Gasteiger partial charge in [-0.15, -0.1) is 0 Å². The van der Waals surface area contributed by atoms with E-state index >= 15 is 0 Å². The van der Waals surface area contributed by atoms with E-state index in [2.05, 4.69) is 12.2 Å². The Morgan fingerprint density at radius 2 is 1.92 bits per heavy atom. The first kappa shape index (κ1) is 9.77. The van der Waals surface area contributed by atoms with Crippen molar-refractivity contribution in [3.63, 3.8) is 0 Å². The van der Waals surface area contributed by atoms with Crippen LogP contribution >= 0.6 is 0 Å². The maximum Gasteiger partial charge on any atom is 0.274 e. The van der Waals surface area contributed by atoms with Crippen molar-refractivity contribution in [3.8, 4) is 0 Å². The van der Waals surface area contributed by atoms with Crippen LogP contribution in [0.4, 0.5) is 0 Å². The summed E-state index contributed by atoms with van der Waals surface area (Å²) < 4.78 is 0. The van der Waals surface area contributed by atoms with E-state index in [1.165, 1.54) is 0 Å². The molecule has 0 unspecified atom stereocenters. The maximum absolute atomic E-state index is 11.1. The smallest absolute Gasteiger partial charge is 0.274 e. The van der Waals surface area contributed by atoms with Gasteiger partial charge in [-0.1, -0.05) is 19.8 Å². The summed E-state index contributed by atoms with van der Waals surface area (Å²) in [5.74, 6) is -0.768. The second kappa shape index (κ2) is 4.07. The van der Waals surface area contributed by atoms with E-state index in [1.807, 2.05) is 0 Å². The van der Waals surface area contributed by atoms with Gasteiger partial charge in [0.2, 0.25) is 0 Å². The molecule has 0 bridgehead atoms. The molecule has 0 atom stereocenters. The molecule has 1 aliphatic rings. The Morgan fingerprint density at radius 1 is 1.23 bits per heavy atom. The van der Waals surface area contributed by atoms with Gasteiger partial charge >= 0.3 is 0 Å². The highest BCUT2D eigenvalue weighted by Gasteiger charge is 2.26. The van der Waals surface area contributed by atoms with Crippen LogP contribution in [0.15, 0.2) is 11.3 Å². The van der Waals surface area contributed by atoms with Crippen LogP contribution in [0.5, 0.6) is 0 Å². The van der Waals surface area contributed by atoms with Gasteiger partial charge in [-0.2, -0.15) is 0 Å². The van der Waals surface area contributed by atoms with Crippen molar-refractivity contribution in [1.82, 2.24) is 5.32 Å². The molecule has 2 amide bonds. The Balaban J connectivity index is 2.56. The fourth-order valence-corrected chi connectivity index (χ4v) is 1.31. The molecule has 72 valence electrons. The van der Waals surface area contributed by atoms with Gasteiger partial charge in [0, 0.05) is 5.57 Å². The normalized spacial score (nSPS) is 16.7. The lowest BCUT2D eigenvalue weighted by molar-refractivity contribution is -0.124. The molecule has 4 heteroatoms. The SMILES string of the molecule is CCCCCC1=C(N)C(=O)NC1=O. The molecule has 0 fully saturated rings. The number of imide groups is 1. The lowest BCUT2D eigenvalue weighted by Crippen LogP contribution is -2.24. The molecule has 0 aromatic heterocycles. The molecule has 0 radical (unpaired) electrons. The number of nitrogens with one attached hydrogen (secondary N) is 1. The van der Waals surface area contributed by atoms with Crippen molar-refractivity contribution in [2.75, 3.05) is 0 Å². The number of rotatable bonds is 4. The minimum absolute atomic E-state index is 0.0982. The van der Waals surface area contributed by atoms with Crippen molar-refractivity contribution in [2.24, 2.45) is 5.73 Å². The number of carbonyl (C=O) groups is 2. The molecule has 1 aliphatic heterocycles. The number of carbonyl (C=O) groups excluding carboxylic acids is 2. The van der Waals surface area contributed by atoms with E-state index in [4.69, 9.17) is 5.73 Å². The van der Waals surface area contributed by atoms with Crippen LogP contribution in [0, 0.1) is 0 Å². The predicted molar refractivity (Wildman–Crippen MR) is 48.5 cm³/mol. The van der Waals surface area contributed by atoms with E-state index in [-0.39, 0.29) is 11.6 Å². The third-order valence-electron chi connectivity index (χ3n) is 2.10. The highest BCUT2D eigenvalue weighted by molar-refractivity contribution is 6.18. The second-order valence-electron chi connectivity index (χ2n) is 3.13. The Morgan fingerprint density at radius 3 is 2.38 bits per heavy atom. The standard InChI is InChI=1S/C9H14N2O2/c1-2-3-4-5-6-7(10)9(13)11-8(6)12/h2-5H2,1H3,(H3,10,11,12,13). The third kappa shape index (κ3) is 2.08. The fraction of sp³-hybridized carbons (Fsp3) is 0.556. The summed E-state index contributed by atoms with van der Waals surface area (Å²) in [4.78, 5) is 22.0. The number of unbranched alkanes of at least 4 members (excludes halogenated alkanes) is 2. The number of amides is 2. The van der Waals surface area contributed by atoms with Gasteiger partial charge in [-0.3, -0.25) is 14.9 Å². The Kier molecular flexibility index (Phi) is 3.06. The summed E-state index contributed by atoms with van der Waals surface area (Å²) >= 11 is 0. The van der Waals surface area contributed by atoms with Crippen molar-refractivity contribution < 1.29 is 9.59 Å². The van der Waals surface area contributed by atoms with E-state index < -0.39 is 5.91 Å². The van der Waals surface area contributed by atoms with E-state index in [0.717, 1.165) is 19.3 Å². The topological polar surface area (TPSA) is 72.2 Å². The number of hydrogen-bond acceptors (Lipinski definition) is 3. The first-order valence-electron chi connectivity index (χ1n) is 4.51. The van der Waals surface area contributed by atoms with E-state index in [9.17, 15) is 9.59 Å². The summed E-state index contributed by atoms with van der Waals surface area (Å²) in [7, 11) is 0. The van der Waals surface area contributed by atoms with Gasteiger partial charge in [0.05, 0.1) is 0 Å². The molecule has 0 aromatic carbocycles. The zero-order valence-corrected chi connectivity index (χ0v) is 7.72. The summed E-state index contributed by atoms with van der Waals surface area (Å²) in [5, 5.41) is 2.17. The van der Waals surface area contributed by atoms with E-state index in [1.54, 1.807) is 0 Å². The van der Waals surface area contributed by atoms with Crippen LogP contribution in [0.25, 0.3) is 0 Å². The lowest BCUT2D eigenvalue weighted by atomic mass is 10.1. The highest BCUT2D eigenvalue weighted by atomic mass is 16.2. The zero-order valence-electron chi connectivity index (χ0n) is 7.72. The first-order valence-corrected chi connectivity index (χ1v) is 4.51. The number of hydrogen-bond donors (Lipinski definition) is 2. The largest absolute Gasteiger partial charge is 0.394 e. The zero-order chi connectivity index (χ0) is 9.84. The molecular weight excluding hydrogens is 168 g/mol. The van der Waals surface area contributed by atoms with Gasteiger partial charge in [-0.05, 0) is 12.8 Å². The van der Waals surface area contributed by atoms with Crippen LogP contribution < -0.4 is 11.1 Å². The quantitative estimate of drug-likeness (QED) is 0.489. The minimum atomic E-state index is -0.448. The molecule has 0 saturated carbocycles. The second-order valence-corrected chi connectivity index (χ2v) is 3.13. The van der Waals surface area contributed by atoms with Gasteiger partial charge in [0.25, 0.3) is 11.8 Å². The maximum atomic E-state index is 11.1. The van der Waals surface area contributed by atoms with Gasteiger partial charge in [-0.25, -0.2) is 0 Å². The Hall–Kier alpha value is -1.32. The van der Waals surface area contributed by atoms with Crippen LogP contribution in [-0.2, 0) is 9.59 Å². The number of nitrogens with two attached hydrogens (primary N) is 1. The Labute approximate surface area is 77.2 Å². The van der Waals surface area contributed by atoms with Crippen molar-refractivity contribution >= 4 is 11.8 Å². The summed E-state index contributed by atoms with van der Waals surface area (Å²) in [5.41, 5.74) is 6.00. The van der Waals surface area contributed by atoms with Crippen LogP contribution in [0.3, 0.4) is 0 Å². The minimum Gasteiger partial charge on any atom is -0.394 e. The first-order chi connectivity index (χ1) is 6.16. The average Bonchev–Trinajstić information content (AvgIpc) is 2.32. The predicted octanol–water partition coefficient (Wildman–Crippen LogP) is 0.436. The van der Waals surface area contributed by atoms with Crippen LogP contribution in [0.2, 0.25) is 0 Å². The van der Waals surface area contributed by atoms with Crippen LogP contribution in [0.1, 0.15) is 32.6 Å². The van der Waals surface area contributed by atoms with Gasteiger partial charge < -0.3 is 5.73 Å². The van der Waals surface area contributed by atoms with E-state index in [0.29, 0.717) is 12.0 Å². The molecular formula is C9H14N2O2. The third-order valence-corrected chi connectivity index (χ3v) is 2.10. The Bertz CT molecular complexity index is 269. The molecule has 0 aliphatic carbocycles. The molecule has 3 N–H and O–H groups in total. The molecule has 1 heterocycles. The molecule has 0 saturated heterocycles. The summed E-state index contributed by atoms with van der Waals surface area (Å²) in [6.45, 7) is 2.08. The van der Waals surface area contributed by atoms with Gasteiger partial charge in [0.15, 0.2) is 0 Å². The highest BCUT2D eigenvalue weighted by Crippen LogP contribution is 2.15. The van der Waals surface area contributed by atoms with Crippen molar-refractivity contribution in [2.45, 2.75) is 32.6 Å². The van der Waals surface area contributed by atoms with Crippen LogP contribution in [-0.4, -0.2) is 11.8 Å².